The van der Waals surface area contributed by atoms with Crippen LogP contribution in [0.1, 0.15) is 25.8 Å². The van der Waals surface area contributed by atoms with Crippen LogP contribution >= 0.6 is 0 Å². The first-order valence-electron chi connectivity index (χ1n) is 5.50. The number of carbonyl (C=O) groups is 2. The van der Waals surface area contributed by atoms with Gasteiger partial charge in [-0.1, -0.05) is 12.1 Å². The predicted molar refractivity (Wildman–Crippen MR) is 63.0 cm³/mol. The van der Waals surface area contributed by atoms with Gasteiger partial charge in [-0.25, -0.2) is 4.39 Å². The summed E-state index contributed by atoms with van der Waals surface area (Å²) in [6.45, 7) is 3.23. The van der Waals surface area contributed by atoms with E-state index in [9.17, 15) is 14.0 Å². The molecular weight excluding hydrogens is 221 g/mol. The highest BCUT2D eigenvalue weighted by Gasteiger charge is 2.09. The molecule has 92 valence electrons. The van der Waals surface area contributed by atoms with Gasteiger partial charge in [-0.15, -0.1) is 0 Å². The number of amides is 1. The van der Waals surface area contributed by atoms with Crippen molar-refractivity contribution in [3.8, 4) is 0 Å². The molecule has 1 aromatic rings. The van der Waals surface area contributed by atoms with Crippen LogP contribution in [0.5, 0.6) is 0 Å². The normalized spacial score (nSPS) is 11.9. The molecule has 3 nitrogen and oxygen atoms in total. The second kappa shape index (κ2) is 6.13. The van der Waals surface area contributed by atoms with Crippen LogP contribution in [0.2, 0.25) is 0 Å². The summed E-state index contributed by atoms with van der Waals surface area (Å²) < 4.78 is 12.7. The molecule has 0 aliphatic heterocycles. The lowest BCUT2D eigenvalue weighted by molar-refractivity contribution is -0.127. The number of benzene rings is 1. The van der Waals surface area contributed by atoms with Gasteiger partial charge in [0.25, 0.3) is 0 Å². The van der Waals surface area contributed by atoms with E-state index in [0.717, 1.165) is 5.56 Å². The topological polar surface area (TPSA) is 46.2 Å². The summed E-state index contributed by atoms with van der Waals surface area (Å²) in [5, 5.41) is 2.72. The minimum atomic E-state index is -0.276. The SMILES string of the molecule is CC(=O)CC(=O)NC(C)Cc1ccc(F)cc1. The Morgan fingerprint density at radius 1 is 1.29 bits per heavy atom. The Morgan fingerprint density at radius 3 is 2.41 bits per heavy atom. The van der Waals surface area contributed by atoms with Crippen molar-refractivity contribution < 1.29 is 14.0 Å². The van der Waals surface area contributed by atoms with E-state index < -0.39 is 0 Å². The van der Waals surface area contributed by atoms with Crippen LogP contribution in [-0.4, -0.2) is 17.7 Å². The van der Waals surface area contributed by atoms with E-state index >= 15 is 0 Å². The molecule has 1 N–H and O–H groups in total. The summed E-state index contributed by atoms with van der Waals surface area (Å²) in [7, 11) is 0. The maximum absolute atomic E-state index is 12.7. The number of carbonyl (C=O) groups excluding carboxylic acids is 2. The Bertz CT molecular complexity index is 400. The molecule has 4 heteroatoms. The van der Waals surface area contributed by atoms with Crippen LogP contribution in [0.15, 0.2) is 24.3 Å². The number of hydrogen-bond acceptors (Lipinski definition) is 2. The van der Waals surface area contributed by atoms with Gasteiger partial charge in [-0.2, -0.15) is 0 Å². The molecule has 0 aromatic heterocycles. The number of hydrogen-bond donors (Lipinski definition) is 1. The molecule has 0 aliphatic rings. The first kappa shape index (κ1) is 13.4. The number of ketones is 1. The summed E-state index contributed by atoms with van der Waals surface area (Å²) in [6.07, 6.45) is 0.525. The maximum atomic E-state index is 12.7. The van der Waals surface area contributed by atoms with Crippen molar-refractivity contribution in [3.63, 3.8) is 0 Å². The lowest BCUT2D eigenvalue weighted by atomic mass is 10.1. The summed E-state index contributed by atoms with van der Waals surface area (Å²) in [5.41, 5.74) is 0.946. The third-order valence-electron chi connectivity index (χ3n) is 2.27. The second-order valence-electron chi connectivity index (χ2n) is 4.18. The van der Waals surface area contributed by atoms with E-state index in [2.05, 4.69) is 5.32 Å². The van der Waals surface area contributed by atoms with Gasteiger partial charge in [0, 0.05) is 6.04 Å². The van der Waals surface area contributed by atoms with Crippen LogP contribution < -0.4 is 5.32 Å². The zero-order valence-electron chi connectivity index (χ0n) is 10.00. The molecule has 0 heterocycles. The summed E-state index contributed by atoms with van der Waals surface area (Å²) >= 11 is 0. The van der Waals surface area contributed by atoms with E-state index in [0.29, 0.717) is 6.42 Å². The average Bonchev–Trinajstić information content (AvgIpc) is 2.19. The molecule has 1 aromatic carbocycles. The van der Waals surface area contributed by atoms with E-state index in [1.54, 1.807) is 12.1 Å². The zero-order valence-corrected chi connectivity index (χ0v) is 10.00. The molecule has 0 radical (unpaired) electrons. The average molecular weight is 237 g/mol. The molecule has 0 spiro atoms. The Balaban J connectivity index is 2.44. The van der Waals surface area contributed by atoms with Crippen molar-refractivity contribution in [3.05, 3.63) is 35.6 Å². The predicted octanol–water partition coefficient (Wildman–Crippen LogP) is 1.85. The quantitative estimate of drug-likeness (QED) is 0.794. The molecule has 17 heavy (non-hydrogen) atoms. The number of nitrogens with one attached hydrogen (secondary N) is 1. The molecule has 0 bridgehead atoms. The zero-order chi connectivity index (χ0) is 12.8. The number of halogens is 1. The standard InChI is InChI=1S/C13H16FNO2/c1-9(15-13(17)8-10(2)16)7-11-3-5-12(14)6-4-11/h3-6,9H,7-8H2,1-2H3,(H,15,17). The van der Waals surface area contributed by atoms with Gasteiger partial charge < -0.3 is 5.32 Å². The van der Waals surface area contributed by atoms with Crippen LogP contribution in [0.25, 0.3) is 0 Å². The van der Waals surface area contributed by atoms with Gasteiger partial charge in [0.2, 0.25) is 5.91 Å². The van der Waals surface area contributed by atoms with Gasteiger partial charge >= 0.3 is 0 Å². The molecule has 0 saturated carbocycles. The van der Waals surface area contributed by atoms with Crippen molar-refractivity contribution in [1.29, 1.82) is 0 Å². The second-order valence-corrected chi connectivity index (χ2v) is 4.18. The van der Waals surface area contributed by atoms with Crippen LogP contribution in [0.4, 0.5) is 4.39 Å². The van der Waals surface area contributed by atoms with Crippen molar-refractivity contribution in [2.24, 2.45) is 0 Å². The van der Waals surface area contributed by atoms with Crippen molar-refractivity contribution in [2.45, 2.75) is 32.7 Å². The Kier molecular flexibility index (Phi) is 4.82. The molecule has 0 saturated heterocycles. The minimum absolute atomic E-state index is 0.0766. The maximum Gasteiger partial charge on any atom is 0.227 e. The Hall–Kier alpha value is -1.71. The molecule has 1 unspecified atom stereocenters. The van der Waals surface area contributed by atoms with Crippen LogP contribution in [0, 0.1) is 5.82 Å². The van der Waals surface area contributed by atoms with Gasteiger partial charge in [-0.3, -0.25) is 9.59 Å². The van der Waals surface area contributed by atoms with Crippen molar-refractivity contribution >= 4 is 11.7 Å². The first-order chi connectivity index (χ1) is 7.97. The lowest BCUT2D eigenvalue weighted by Gasteiger charge is -2.13. The number of rotatable bonds is 5. The highest BCUT2D eigenvalue weighted by atomic mass is 19.1. The monoisotopic (exact) mass is 237 g/mol. The third-order valence-corrected chi connectivity index (χ3v) is 2.27. The molecular formula is C13H16FNO2. The summed E-state index contributed by atoms with van der Waals surface area (Å²) in [6, 6.07) is 6.07. The smallest absolute Gasteiger partial charge is 0.227 e. The minimum Gasteiger partial charge on any atom is -0.353 e. The van der Waals surface area contributed by atoms with Crippen molar-refractivity contribution in [2.75, 3.05) is 0 Å². The Morgan fingerprint density at radius 2 is 1.88 bits per heavy atom. The molecule has 0 aliphatic carbocycles. The fourth-order valence-electron chi connectivity index (χ4n) is 1.58. The molecule has 1 rings (SSSR count). The van der Waals surface area contributed by atoms with Gasteiger partial charge in [0.05, 0.1) is 6.42 Å². The first-order valence-corrected chi connectivity index (χ1v) is 5.50. The molecule has 1 atom stereocenters. The summed E-state index contributed by atoms with van der Waals surface area (Å²) in [4.78, 5) is 22.0. The number of Topliss-reactive ketones (excluding diaryl/α,β-unsaturated/α-hetero) is 1. The highest BCUT2D eigenvalue weighted by molar-refractivity contribution is 5.96. The van der Waals surface area contributed by atoms with E-state index in [-0.39, 0.29) is 30.0 Å². The van der Waals surface area contributed by atoms with Gasteiger partial charge in [-0.05, 0) is 38.0 Å². The third kappa shape index (κ3) is 5.24. The Labute approximate surface area is 100 Å². The van der Waals surface area contributed by atoms with Crippen LogP contribution in [-0.2, 0) is 16.0 Å². The largest absolute Gasteiger partial charge is 0.353 e. The van der Waals surface area contributed by atoms with Gasteiger partial charge in [0.15, 0.2) is 0 Å². The van der Waals surface area contributed by atoms with Gasteiger partial charge in [0.1, 0.15) is 11.6 Å². The van der Waals surface area contributed by atoms with Crippen LogP contribution in [0.3, 0.4) is 0 Å². The van der Waals surface area contributed by atoms with Crippen molar-refractivity contribution in [1.82, 2.24) is 5.32 Å². The molecule has 1 amide bonds. The highest BCUT2D eigenvalue weighted by Crippen LogP contribution is 2.05. The van der Waals surface area contributed by atoms with E-state index in [1.807, 2.05) is 6.92 Å². The summed E-state index contributed by atoms with van der Waals surface area (Å²) in [5.74, 6) is -0.703. The fraction of sp³-hybridized carbons (Fsp3) is 0.385. The lowest BCUT2D eigenvalue weighted by Crippen LogP contribution is -2.34. The van der Waals surface area contributed by atoms with E-state index in [4.69, 9.17) is 0 Å². The molecule has 0 fully saturated rings. The van der Waals surface area contributed by atoms with E-state index in [1.165, 1.54) is 19.1 Å². The fourth-order valence-corrected chi connectivity index (χ4v) is 1.58.